The van der Waals surface area contributed by atoms with Gasteiger partial charge in [0.1, 0.15) is 0 Å². The van der Waals surface area contributed by atoms with Gasteiger partial charge in [0, 0.05) is 0 Å². The van der Waals surface area contributed by atoms with E-state index in [0.29, 0.717) is 0 Å². The Morgan fingerprint density at radius 1 is 0.821 bits per heavy atom. The number of hydrogen-bond donors (Lipinski definition) is 0. The highest BCUT2D eigenvalue weighted by Crippen LogP contribution is 2.32. The molecule has 10 heteroatoms. The minimum Gasteiger partial charge on any atom is -0.465 e. The summed E-state index contributed by atoms with van der Waals surface area (Å²) in [6, 6.07) is 10.3. The number of rotatable bonds is 2. The summed E-state index contributed by atoms with van der Waals surface area (Å²) in [5, 5.41) is 0. The first-order valence-corrected chi connectivity index (χ1v) is 7.46. The standard InChI is InChI=1S/C10H9F3O2.C8H5F3O2/c1-6-3-4-7(9(14)15-2)5-8(6)10(11,12)13;9-8(10,11)13-7(12)6-4-2-1-3-5-6/h3-5H,1-2H3;1-5H. The van der Waals surface area contributed by atoms with Crippen LogP contribution in [0, 0.1) is 6.92 Å². The van der Waals surface area contributed by atoms with Crippen molar-refractivity contribution in [2.24, 2.45) is 0 Å². The number of esters is 2. The molecule has 0 aliphatic carbocycles. The number of benzene rings is 2. The average molecular weight is 408 g/mol. The minimum absolute atomic E-state index is 0.0788. The third-order valence-electron chi connectivity index (χ3n) is 3.18. The van der Waals surface area contributed by atoms with Gasteiger partial charge >= 0.3 is 24.5 Å². The summed E-state index contributed by atoms with van der Waals surface area (Å²) in [6.07, 6.45) is -9.37. The summed E-state index contributed by atoms with van der Waals surface area (Å²) >= 11 is 0. The molecule has 0 saturated carbocycles. The number of halogens is 6. The quantitative estimate of drug-likeness (QED) is 0.509. The van der Waals surface area contributed by atoms with Crippen LogP contribution < -0.4 is 0 Å². The van der Waals surface area contributed by atoms with Gasteiger partial charge in [-0.1, -0.05) is 24.3 Å². The molecule has 0 aromatic heterocycles. The van der Waals surface area contributed by atoms with Crippen molar-refractivity contribution in [1.82, 2.24) is 0 Å². The van der Waals surface area contributed by atoms with Gasteiger partial charge in [0.05, 0.1) is 23.8 Å². The van der Waals surface area contributed by atoms with E-state index in [1.807, 2.05) is 0 Å². The van der Waals surface area contributed by atoms with E-state index in [9.17, 15) is 35.9 Å². The molecule has 0 fully saturated rings. The van der Waals surface area contributed by atoms with Crippen molar-refractivity contribution < 1.29 is 45.4 Å². The summed E-state index contributed by atoms with van der Waals surface area (Å²) in [7, 11) is 1.12. The lowest BCUT2D eigenvalue weighted by atomic mass is 10.0. The van der Waals surface area contributed by atoms with E-state index in [1.54, 1.807) is 6.07 Å². The number of aryl methyl sites for hydroxylation is 1. The molecular formula is C18H14F6O4. The Morgan fingerprint density at radius 3 is 1.86 bits per heavy atom. The molecule has 152 valence electrons. The fraction of sp³-hybridized carbons (Fsp3) is 0.222. The third kappa shape index (κ3) is 7.29. The van der Waals surface area contributed by atoms with Gasteiger partial charge in [-0.3, -0.25) is 0 Å². The molecule has 0 unspecified atom stereocenters. The van der Waals surface area contributed by atoms with Crippen LogP contribution in [0.25, 0.3) is 0 Å². The Bertz CT molecular complexity index is 813. The minimum atomic E-state index is -4.92. The van der Waals surface area contributed by atoms with Crippen molar-refractivity contribution in [3.63, 3.8) is 0 Å². The van der Waals surface area contributed by atoms with Gasteiger partial charge in [0.2, 0.25) is 0 Å². The van der Waals surface area contributed by atoms with Gasteiger partial charge in [-0.05, 0) is 36.8 Å². The lowest BCUT2D eigenvalue weighted by molar-refractivity contribution is -0.291. The van der Waals surface area contributed by atoms with E-state index < -0.39 is 30.0 Å². The highest BCUT2D eigenvalue weighted by atomic mass is 19.4. The Morgan fingerprint density at radius 2 is 1.39 bits per heavy atom. The van der Waals surface area contributed by atoms with Crippen LogP contribution in [0.1, 0.15) is 31.8 Å². The Kier molecular flexibility index (Phi) is 7.60. The molecule has 0 amide bonds. The van der Waals surface area contributed by atoms with Gasteiger partial charge < -0.3 is 9.47 Å². The highest BCUT2D eigenvalue weighted by molar-refractivity contribution is 5.90. The largest absolute Gasteiger partial charge is 0.575 e. The summed E-state index contributed by atoms with van der Waals surface area (Å²) in [4.78, 5) is 21.7. The van der Waals surface area contributed by atoms with Gasteiger partial charge in [-0.25, -0.2) is 9.59 Å². The number of ether oxygens (including phenoxy) is 2. The molecule has 0 heterocycles. The molecule has 4 nitrogen and oxygen atoms in total. The maximum Gasteiger partial charge on any atom is 0.575 e. The van der Waals surface area contributed by atoms with Crippen LogP contribution in [0.2, 0.25) is 0 Å². The molecule has 0 radical (unpaired) electrons. The summed E-state index contributed by atoms with van der Waals surface area (Å²) < 4.78 is 79.5. The normalized spacial score (nSPS) is 11.1. The second-order valence-corrected chi connectivity index (χ2v) is 5.22. The molecular weight excluding hydrogens is 394 g/mol. The molecule has 0 spiro atoms. The van der Waals surface area contributed by atoms with Gasteiger partial charge in [-0.2, -0.15) is 13.2 Å². The summed E-state index contributed by atoms with van der Waals surface area (Å²) in [5.41, 5.74) is -0.962. The fourth-order valence-electron chi connectivity index (χ4n) is 1.91. The first kappa shape index (κ1) is 23.0. The second kappa shape index (κ2) is 9.25. The topological polar surface area (TPSA) is 52.6 Å². The predicted octanol–water partition coefficient (Wildman–Crippen LogP) is 5.16. The lowest BCUT2D eigenvalue weighted by Gasteiger charge is -2.11. The smallest absolute Gasteiger partial charge is 0.465 e. The highest BCUT2D eigenvalue weighted by Gasteiger charge is 2.34. The fourth-order valence-corrected chi connectivity index (χ4v) is 1.91. The van der Waals surface area contributed by atoms with Crippen LogP contribution in [0.15, 0.2) is 48.5 Å². The molecule has 2 aromatic carbocycles. The second-order valence-electron chi connectivity index (χ2n) is 5.22. The molecule has 28 heavy (non-hydrogen) atoms. The van der Waals surface area contributed by atoms with E-state index >= 15 is 0 Å². The van der Waals surface area contributed by atoms with Crippen molar-refractivity contribution >= 4 is 11.9 Å². The SMILES string of the molecule is COC(=O)c1ccc(C)c(C(F)(F)F)c1.O=C(OC(F)(F)F)c1ccccc1. The van der Waals surface area contributed by atoms with Crippen LogP contribution in [0.3, 0.4) is 0 Å². The van der Waals surface area contributed by atoms with E-state index in [2.05, 4.69) is 9.47 Å². The number of alkyl halides is 6. The monoisotopic (exact) mass is 408 g/mol. The Labute approximate surface area is 155 Å². The lowest BCUT2D eigenvalue weighted by Crippen LogP contribution is -2.19. The van der Waals surface area contributed by atoms with Gasteiger partial charge in [0.15, 0.2) is 0 Å². The number of carbonyl (C=O) groups excluding carboxylic acids is 2. The van der Waals surface area contributed by atoms with Crippen molar-refractivity contribution in [2.75, 3.05) is 7.11 Å². The van der Waals surface area contributed by atoms with Crippen LogP contribution in [-0.2, 0) is 15.7 Å². The predicted molar refractivity (Wildman–Crippen MR) is 85.4 cm³/mol. The van der Waals surface area contributed by atoms with Gasteiger partial charge in [-0.15, -0.1) is 13.2 Å². The summed E-state index contributed by atoms with van der Waals surface area (Å²) in [5.74, 6) is -2.17. The zero-order valence-electron chi connectivity index (χ0n) is 14.5. The number of carbonyl (C=O) groups is 2. The van der Waals surface area contributed by atoms with Crippen LogP contribution in [0.4, 0.5) is 26.3 Å². The zero-order chi connectivity index (χ0) is 21.5. The third-order valence-corrected chi connectivity index (χ3v) is 3.18. The molecule has 2 aromatic rings. The first-order valence-electron chi connectivity index (χ1n) is 7.46. The van der Waals surface area contributed by atoms with E-state index in [0.717, 1.165) is 13.2 Å². The van der Waals surface area contributed by atoms with Crippen molar-refractivity contribution in [1.29, 1.82) is 0 Å². The zero-order valence-corrected chi connectivity index (χ0v) is 14.5. The molecule has 0 bridgehead atoms. The van der Waals surface area contributed by atoms with Crippen molar-refractivity contribution in [2.45, 2.75) is 19.5 Å². The van der Waals surface area contributed by atoms with Crippen LogP contribution in [0.5, 0.6) is 0 Å². The van der Waals surface area contributed by atoms with Crippen molar-refractivity contribution in [3.05, 3.63) is 70.8 Å². The molecule has 0 aliphatic heterocycles. The van der Waals surface area contributed by atoms with Crippen LogP contribution in [-0.4, -0.2) is 25.4 Å². The molecule has 0 N–H and O–H groups in total. The first-order chi connectivity index (χ1) is 12.8. The molecule has 0 atom stereocenters. The van der Waals surface area contributed by atoms with Crippen LogP contribution >= 0.6 is 0 Å². The number of hydrogen-bond acceptors (Lipinski definition) is 4. The van der Waals surface area contributed by atoms with E-state index in [-0.39, 0.29) is 16.7 Å². The maximum absolute atomic E-state index is 12.4. The molecule has 2 rings (SSSR count). The molecule has 0 aliphatic rings. The number of methoxy groups -OCH3 is 1. The average Bonchev–Trinajstić information content (AvgIpc) is 2.60. The van der Waals surface area contributed by atoms with E-state index in [4.69, 9.17) is 0 Å². The summed E-state index contributed by atoms with van der Waals surface area (Å²) in [6.45, 7) is 1.34. The van der Waals surface area contributed by atoms with Gasteiger partial charge in [0.25, 0.3) is 0 Å². The molecule has 0 saturated heterocycles. The maximum atomic E-state index is 12.4. The Balaban J connectivity index is 0.000000283. The Hall–Kier alpha value is -3.04. The van der Waals surface area contributed by atoms with Crippen molar-refractivity contribution in [3.8, 4) is 0 Å². The van der Waals surface area contributed by atoms with E-state index in [1.165, 1.54) is 43.3 Å².